The second-order valence-corrected chi connectivity index (χ2v) is 10.2. The zero-order valence-electron chi connectivity index (χ0n) is 20.1. The van der Waals surface area contributed by atoms with Crippen LogP contribution in [0.5, 0.6) is 0 Å². The van der Waals surface area contributed by atoms with E-state index in [1.165, 1.54) is 10.4 Å². The van der Waals surface area contributed by atoms with Gasteiger partial charge in [-0.25, -0.2) is 4.68 Å². The van der Waals surface area contributed by atoms with Crippen LogP contribution in [0.15, 0.2) is 89.0 Å². The number of thiophene rings is 1. The third-order valence-electron chi connectivity index (χ3n) is 6.62. The first-order chi connectivity index (χ1) is 17.2. The molecule has 1 saturated heterocycles. The Balaban J connectivity index is 1.21. The fourth-order valence-corrected chi connectivity index (χ4v) is 5.41. The molecule has 0 saturated carbocycles. The van der Waals surface area contributed by atoms with Gasteiger partial charge in [0.25, 0.3) is 5.56 Å². The topological polar surface area (TPSA) is 41.4 Å². The fourth-order valence-electron chi connectivity index (χ4n) is 4.68. The molecule has 0 spiro atoms. The standard InChI is InChI=1S/C29H32N4OS/c34-29-26(21-27-13-7-20-35-27)22-28(25-11-5-2-6-12-25)30-33(29)15-8-14-31-16-18-32(19-17-31)23-24-9-3-1-4-10-24/h1-7,9-13,20,22H,8,14-19,21,23H2. The molecule has 2 aromatic carbocycles. The molecule has 3 heterocycles. The number of hydrogen-bond acceptors (Lipinski definition) is 5. The van der Waals surface area contributed by atoms with E-state index in [4.69, 9.17) is 5.10 Å². The molecule has 6 heteroatoms. The molecule has 0 unspecified atom stereocenters. The first-order valence-corrected chi connectivity index (χ1v) is 13.3. The van der Waals surface area contributed by atoms with Crippen LogP contribution in [-0.2, 0) is 19.5 Å². The lowest BCUT2D eigenvalue weighted by Crippen LogP contribution is -2.46. The average Bonchev–Trinajstić information content (AvgIpc) is 3.41. The van der Waals surface area contributed by atoms with E-state index in [2.05, 4.69) is 63.7 Å². The molecule has 1 fully saturated rings. The van der Waals surface area contributed by atoms with Gasteiger partial charge in [0.1, 0.15) is 0 Å². The molecule has 35 heavy (non-hydrogen) atoms. The Morgan fingerprint density at radius 3 is 2.23 bits per heavy atom. The Morgan fingerprint density at radius 2 is 1.51 bits per heavy atom. The van der Waals surface area contributed by atoms with Gasteiger partial charge in [-0.05, 0) is 29.5 Å². The van der Waals surface area contributed by atoms with Crippen LogP contribution in [0.25, 0.3) is 11.3 Å². The quantitative estimate of drug-likeness (QED) is 0.343. The highest BCUT2D eigenvalue weighted by atomic mass is 32.1. The molecule has 5 rings (SSSR count). The molecular formula is C29H32N4OS. The molecule has 0 aliphatic carbocycles. The van der Waals surface area contributed by atoms with Crippen molar-refractivity contribution >= 4 is 11.3 Å². The lowest BCUT2D eigenvalue weighted by molar-refractivity contribution is 0.124. The summed E-state index contributed by atoms with van der Waals surface area (Å²) in [4.78, 5) is 19.5. The van der Waals surface area contributed by atoms with Crippen molar-refractivity contribution in [3.05, 3.63) is 111 Å². The maximum Gasteiger partial charge on any atom is 0.270 e. The first-order valence-electron chi connectivity index (χ1n) is 12.4. The maximum absolute atomic E-state index is 13.3. The van der Waals surface area contributed by atoms with Crippen LogP contribution >= 0.6 is 11.3 Å². The Kier molecular flexibility index (Phi) is 7.83. The van der Waals surface area contributed by atoms with E-state index in [0.29, 0.717) is 13.0 Å². The summed E-state index contributed by atoms with van der Waals surface area (Å²) in [5.41, 5.74) is 4.14. The third kappa shape index (κ3) is 6.34. The highest BCUT2D eigenvalue weighted by Gasteiger charge is 2.17. The largest absolute Gasteiger partial charge is 0.301 e. The first kappa shape index (κ1) is 23.7. The zero-order chi connectivity index (χ0) is 23.9. The molecule has 0 radical (unpaired) electrons. The fraction of sp³-hybridized carbons (Fsp3) is 0.310. The summed E-state index contributed by atoms with van der Waals surface area (Å²) in [6.07, 6.45) is 1.57. The van der Waals surface area contributed by atoms with Gasteiger partial charge in [-0.2, -0.15) is 5.10 Å². The second kappa shape index (κ2) is 11.6. The van der Waals surface area contributed by atoms with Gasteiger partial charge in [0.15, 0.2) is 0 Å². The summed E-state index contributed by atoms with van der Waals surface area (Å²) in [6, 6.07) is 27.0. The van der Waals surface area contributed by atoms with Gasteiger partial charge in [0.2, 0.25) is 0 Å². The van der Waals surface area contributed by atoms with E-state index in [1.807, 2.05) is 30.3 Å². The summed E-state index contributed by atoms with van der Waals surface area (Å²) in [6.45, 7) is 6.96. The molecule has 4 aromatic rings. The number of rotatable bonds is 9. The minimum Gasteiger partial charge on any atom is -0.301 e. The Hall–Kier alpha value is -3.06. The molecule has 1 aliphatic rings. The molecule has 1 aliphatic heterocycles. The number of aryl methyl sites for hydroxylation is 1. The highest BCUT2D eigenvalue weighted by molar-refractivity contribution is 7.09. The van der Waals surface area contributed by atoms with Crippen molar-refractivity contribution in [3.63, 3.8) is 0 Å². The van der Waals surface area contributed by atoms with Crippen LogP contribution in [0.2, 0.25) is 0 Å². The van der Waals surface area contributed by atoms with Crippen molar-refractivity contribution in [3.8, 4) is 11.3 Å². The van der Waals surface area contributed by atoms with Gasteiger partial charge in [-0.3, -0.25) is 9.69 Å². The summed E-state index contributed by atoms with van der Waals surface area (Å²) >= 11 is 1.69. The predicted molar refractivity (Wildman–Crippen MR) is 144 cm³/mol. The van der Waals surface area contributed by atoms with Crippen LogP contribution < -0.4 is 5.56 Å². The smallest absolute Gasteiger partial charge is 0.270 e. The van der Waals surface area contributed by atoms with E-state index in [1.54, 1.807) is 16.0 Å². The highest BCUT2D eigenvalue weighted by Crippen LogP contribution is 2.19. The minimum absolute atomic E-state index is 0.0331. The molecule has 0 bridgehead atoms. The summed E-state index contributed by atoms with van der Waals surface area (Å²) in [7, 11) is 0. The average molecular weight is 485 g/mol. The lowest BCUT2D eigenvalue weighted by atomic mass is 10.1. The molecule has 0 N–H and O–H groups in total. The SMILES string of the molecule is O=c1c(Cc2cccs2)cc(-c2ccccc2)nn1CCCN1CCN(Cc2ccccc2)CC1. The summed E-state index contributed by atoms with van der Waals surface area (Å²) in [5.74, 6) is 0. The van der Waals surface area contributed by atoms with Crippen LogP contribution in [-0.4, -0.2) is 52.3 Å². The van der Waals surface area contributed by atoms with Gasteiger partial charge >= 0.3 is 0 Å². The normalized spacial score (nSPS) is 14.9. The molecule has 180 valence electrons. The van der Waals surface area contributed by atoms with Crippen molar-refractivity contribution in [2.75, 3.05) is 32.7 Å². The van der Waals surface area contributed by atoms with Crippen LogP contribution in [0.1, 0.15) is 22.4 Å². The minimum atomic E-state index is 0.0331. The van der Waals surface area contributed by atoms with Crippen LogP contribution in [0.3, 0.4) is 0 Å². The number of aromatic nitrogens is 2. The van der Waals surface area contributed by atoms with Crippen LogP contribution in [0, 0.1) is 0 Å². The third-order valence-corrected chi connectivity index (χ3v) is 7.50. The number of hydrogen-bond donors (Lipinski definition) is 0. The number of piperazine rings is 1. The van der Waals surface area contributed by atoms with Crippen molar-refractivity contribution in [2.45, 2.75) is 25.9 Å². The summed E-state index contributed by atoms with van der Waals surface area (Å²) < 4.78 is 1.69. The van der Waals surface area contributed by atoms with E-state index < -0.39 is 0 Å². The molecule has 2 aromatic heterocycles. The van der Waals surface area contributed by atoms with E-state index in [9.17, 15) is 4.79 Å². The Labute approximate surface area is 211 Å². The van der Waals surface area contributed by atoms with Gasteiger partial charge in [0, 0.05) is 68.2 Å². The number of nitrogens with zero attached hydrogens (tertiary/aromatic N) is 4. The maximum atomic E-state index is 13.3. The van der Waals surface area contributed by atoms with Gasteiger partial charge in [-0.15, -0.1) is 11.3 Å². The Bertz CT molecular complexity index is 1250. The van der Waals surface area contributed by atoms with Crippen LogP contribution in [0.4, 0.5) is 0 Å². The zero-order valence-corrected chi connectivity index (χ0v) is 20.9. The van der Waals surface area contributed by atoms with E-state index >= 15 is 0 Å². The van der Waals surface area contributed by atoms with E-state index in [0.717, 1.165) is 62.5 Å². The summed E-state index contributed by atoms with van der Waals surface area (Å²) in [5, 5.41) is 6.82. The Morgan fingerprint density at radius 1 is 0.800 bits per heavy atom. The predicted octanol–water partition coefficient (Wildman–Crippen LogP) is 4.77. The van der Waals surface area contributed by atoms with E-state index in [-0.39, 0.29) is 5.56 Å². The van der Waals surface area contributed by atoms with Crippen molar-refractivity contribution < 1.29 is 0 Å². The van der Waals surface area contributed by atoms with Gasteiger partial charge < -0.3 is 4.90 Å². The lowest BCUT2D eigenvalue weighted by Gasteiger charge is -2.34. The van der Waals surface area contributed by atoms with Gasteiger partial charge in [-0.1, -0.05) is 66.7 Å². The number of benzene rings is 2. The molecule has 0 amide bonds. The van der Waals surface area contributed by atoms with Gasteiger partial charge in [0.05, 0.1) is 5.69 Å². The second-order valence-electron chi connectivity index (χ2n) is 9.16. The van der Waals surface area contributed by atoms with Crippen molar-refractivity contribution in [1.29, 1.82) is 0 Å². The molecule has 0 atom stereocenters. The molecule has 5 nitrogen and oxygen atoms in total. The monoisotopic (exact) mass is 484 g/mol. The molecular weight excluding hydrogens is 452 g/mol. The van der Waals surface area contributed by atoms with Crippen molar-refractivity contribution in [1.82, 2.24) is 19.6 Å². The van der Waals surface area contributed by atoms with Crippen molar-refractivity contribution in [2.24, 2.45) is 0 Å².